The molecule has 34 heavy (non-hydrogen) atoms. The van der Waals surface area contributed by atoms with E-state index >= 15 is 0 Å². The van der Waals surface area contributed by atoms with E-state index in [1.807, 2.05) is 37.3 Å². The van der Waals surface area contributed by atoms with Crippen molar-refractivity contribution in [1.29, 1.82) is 0 Å². The van der Waals surface area contributed by atoms with Crippen LogP contribution in [0.2, 0.25) is 0 Å². The van der Waals surface area contributed by atoms with Crippen molar-refractivity contribution in [3.63, 3.8) is 0 Å². The van der Waals surface area contributed by atoms with Crippen molar-refractivity contribution in [1.82, 2.24) is 14.8 Å². The second kappa shape index (κ2) is 7.93. The van der Waals surface area contributed by atoms with Gasteiger partial charge in [-0.25, -0.2) is 9.78 Å². The van der Waals surface area contributed by atoms with Gasteiger partial charge in [0.05, 0.1) is 23.7 Å². The summed E-state index contributed by atoms with van der Waals surface area (Å²) in [4.78, 5) is 31.4. The first-order valence-corrected chi connectivity index (χ1v) is 12.4. The molecule has 0 saturated heterocycles. The highest BCUT2D eigenvalue weighted by atomic mass is 16.5. The molecule has 4 aliphatic rings. The second-order valence-electron chi connectivity index (χ2n) is 10.5. The number of nitrogens with one attached hydrogen (secondary N) is 1. The van der Waals surface area contributed by atoms with Crippen LogP contribution in [0.25, 0.3) is 16.7 Å². The van der Waals surface area contributed by atoms with Gasteiger partial charge in [-0.1, -0.05) is 18.2 Å². The fraction of sp³-hybridized carbons (Fsp3) is 0.481. The molecule has 7 nitrogen and oxygen atoms in total. The van der Waals surface area contributed by atoms with E-state index in [1.165, 1.54) is 25.5 Å². The summed E-state index contributed by atoms with van der Waals surface area (Å²) in [6, 6.07) is 9.85. The lowest BCUT2D eigenvalue weighted by Crippen LogP contribution is -2.52. The Morgan fingerprint density at radius 3 is 2.47 bits per heavy atom. The molecule has 4 fully saturated rings. The van der Waals surface area contributed by atoms with Crippen molar-refractivity contribution in [3.8, 4) is 5.82 Å². The molecule has 7 rings (SSSR count). The first-order chi connectivity index (χ1) is 16.5. The predicted octanol–water partition coefficient (Wildman–Crippen LogP) is 5.06. The Balaban J connectivity index is 1.41. The number of ether oxygens (including phenoxy) is 1. The second-order valence-corrected chi connectivity index (χ2v) is 10.5. The average molecular weight is 459 g/mol. The van der Waals surface area contributed by atoms with Crippen LogP contribution in [0.1, 0.15) is 61.4 Å². The molecular weight excluding hydrogens is 428 g/mol. The van der Waals surface area contributed by atoms with Gasteiger partial charge in [0.25, 0.3) is 0 Å². The van der Waals surface area contributed by atoms with Crippen molar-refractivity contribution in [2.24, 2.45) is 23.2 Å². The molecule has 0 unspecified atom stereocenters. The van der Waals surface area contributed by atoms with Crippen molar-refractivity contribution in [3.05, 3.63) is 47.7 Å². The number of para-hydroxylation sites is 1. The van der Waals surface area contributed by atoms with Crippen molar-refractivity contribution < 1.29 is 14.3 Å². The number of esters is 1. The number of hydrogen-bond donors (Lipinski definition) is 1. The normalized spacial score (nSPS) is 27.2. The standard InChI is InChI=1S/C27H30N4O3/c1-3-34-25(32)21-15-28-31(23-8-16(2)20-6-4-5-7-22(20)29-23)24(21)30-26(33)27-12-17-9-18(13-27)11-19(10-17)14-27/h4-8,15,17-19H,3,9-14H2,1-2H3,(H,30,33). The van der Waals surface area contributed by atoms with Crippen LogP contribution < -0.4 is 5.32 Å². The maximum atomic E-state index is 13.8. The van der Waals surface area contributed by atoms with Crippen LogP contribution in [0.4, 0.5) is 5.82 Å². The number of carbonyl (C=O) groups excluding carboxylic acids is 2. The highest BCUT2D eigenvalue weighted by Crippen LogP contribution is 2.60. The largest absolute Gasteiger partial charge is 0.462 e. The minimum atomic E-state index is -0.493. The average Bonchev–Trinajstić information content (AvgIpc) is 3.22. The first kappa shape index (κ1) is 21.3. The third-order valence-electron chi connectivity index (χ3n) is 8.14. The first-order valence-electron chi connectivity index (χ1n) is 12.4. The van der Waals surface area contributed by atoms with Gasteiger partial charge in [-0.05, 0) is 87.8 Å². The van der Waals surface area contributed by atoms with Crippen LogP contribution in [-0.4, -0.2) is 33.2 Å². The monoisotopic (exact) mass is 458 g/mol. The predicted molar refractivity (Wildman–Crippen MR) is 129 cm³/mol. The number of benzene rings is 1. The molecule has 0 radical (unpaired) electrons. The van der Waals surface area contributed by atoms with E-state index in [4.69, 9.17) is 9.72 Å². The van der Waals surface area contributed by atoms with Crippen LogP contribution in [0.3, 0.4) is 0 Å². The minimum absolute atomic E-state index is 0.0106. The third kappa shape index (κ3) is 3.40. The Kier molecular flexibility index (Phi) is 4.97. The van der Waals surface area contributed by atoms with E-state index in [1.54, 1.807) is 11.6 Å². The number of pyridine rings is 1. The Labute approximate surface area is 198 Å². The van der Waals surface area contributed by atoms with Crippen LogP contribution in [0, 0.1) is 30.1 Å². The molecule has 1 N–H and O–H groups in total. The molecule has 7 heteroatoms. The molecule has 3 aromatic rings. The summed E-state index contributed by atoms with van der Waals surface area (Å²) < 4.78 is 6.85. The van der Waals surface area contributed by atoms with Crippen molar-refractivity contribution >= 4 is 28.6 Å². The summed E-state index contributed by atoms with van der Waals surface area (Å²) in [5.74, 6) is 2.38. The van der Waals surface area contributed by atoms with Gasteiger partial charge in [0.2, 0.25) is 5.91 Å². The summed E-state index contributed by atoms with van der Waals surface area (Å²) >= 11 is 0. The van der Waals surface area contributed by atoms with Crippen LogP contribution >= 0.6 is 0 Å². The molecule has 2 heterocycles. The molecule has 176 valence electrons. The molecule has 1 amide bonds. The lowest BCUT2D eigenvalue weighted by Gasteiger charge is -2.55. The number of aryl methyl sites for hydroxylation is 1. The molecule has 4 bridgehead atoms. The number of amides is 1. The third-order valence-corrected chi connectivity index (χ3v) is 8.14. The highest BCUT2D eigenvalue weighted by molar-refractivity contribution is 6.02. The summed E-state index contributed by atoms with van der Waals surface area (Å²) in [7, 11) is 0. The maximum absolute atomic E-state index is 13.8. The van der Waals surface area contributed by atoms with Gasteiger partial charge < -0.3 is 10.1 Å². The topological polar surface area (TPSA) is 86.1 Å². The number of anilines is 1. The Morgan fingerprint density at radius 2 is 1.79 bits per heavy atom. The Hall–Kier alpha value is -3.22. The smallest absolute Gasteiger partial charge is 0.343 e. The number of rotatable bonds is 5. The summed E-state index contributed by atoms with van der Waals surface area (Å²) in [6.45, 7) is 4.04. The lowest BCUT2D eigenvalue weighted by molar-refractivity contribution is -0.140. The van der Waals surface area contributed by atoms with Crippen LogP contribution in [0.15, 0.2) is 36.5 Å². The molecule has 0 spiro atoms. The Morgan fingerprint density at radius 1 is 1.12 bits per heavy atom. The van der Waals surface area contributed by atoms with Gasteiger partial charge in [-0.15, -0.1) is 0 Å². The van der Waals surface area contributed by atoms with E-state index < -0.39 is 5.97 Å². The molecular formula is C27H30N4O3. The zero-order valence-electron chi connectivity index (χ0n) is 19.7. The lowest BCUT2D eigenvalue weighted by atomic mass is 9.49. The number of nitrogens with zero attached hydrogens (tertiary/aromatic N) is 3. The SMILES string of the molecule is CCOC(=O)c1cnn(-c2cc(C)c3ccccc3n2)c1NC(=O)C12CC3CC(CC(C3)C1)C2. The Bertz CT molecular complexity index is 1260. The quantitative estimate of drug-likeness (QED) is 0.540. The summed E-state index contributed by atoms with van der Waals surface area (Å²) in [6.07, 6.45) is 8.10. The van der Waals surface area contributed by atoms with E-state index in [2.05, 4.69) is 10.4 Å². The zero-order chi connectivity index (χ0) is 23.4. The number of aromatic nitrogens is 3. The minimum Gasteiger partial charge on any atom is -0.462 e. The molecule has 2 aromatic heterocycles. The molecule has 1 aromatic carbocycles. The van der Waals surface area contributed by atoms with Gasteiger partial charge in [0.15, 0.2) is 11.6 Å². The van der Waals surface area contributed by atoms with E-state index in [0.717, 1.165) is 35.7 Å². The highest BCUT2D eigenvalue weighted by Gasteiger charge is 2.54. The fourth-order valence-corrected chi connectivity index (χ4v) is 7.07. The molecule has 0 atom stereocenters. The van der Waals surface area contributed by atoms with Gasteiger partial charge in [0, 0.05) is 5.39 Å². The van der Waals surface area contributed by atoms with Gasteiger partial charge in [-0.3, -0.25) is 4.79 Å². The summed E-state index contributed by atoms with van der Waals surface area (Å²) in [5.41, 5.74) is 1.80. The van der Waals surface area contributed by atoms with E-state index in [-0.39, 0.29) is 23.5 Å². The van der Waals surface area contributed by atoms with E-state index in [0.29, 0.717) is 29.4 Å². The summed E-state index contributed by atoms with van der Waals surface area (Å²) in [5, 5.41) is 8.68. The number of hydrogen-bond acceptors (Lipinski definition) is 5. The van der Waals surface area contributed by atoms with Crippen molar-refractivity contribution in [2.45, 2.75) is 52.4 Å². The van der Waals surface area contributed by atoms with Gasteiger partial charge in [0.1, 0.15) is 5.56 Å². The fourth-order valence-electron chi connectivity index (χ4n) is 7.07. The maximum Gasteiger partial charge on any atom is 0.343 e. The van der Waals surface area contributed by atoms with Gasteiger partial charge >= 0.3 is 5.97 Å². The molecule has 0 aliphatic heterocycles. The number of fused-ring (bicyclic) bond motifs is 1. The van der Waals surface area contributed by atoms with Crippen LogP contribution in [-0.2, 0) is 9.53 Å². The van der Waals surface area contributed by atoms with Crippen molar-refractivity contribution in [2.75, 3.05) is 11.9 Å². The van der Waals surface area contributed by atoms with Crippen LogP contribution in [0.5, 0.6) is 0 Å². The van der Waals surface area contributed by atoms with Gasteiger partial charge in [-0.2, -0.15) is 9.78 Å². The molecule has 4 saturated carbocycles. The molecule has 4 aliphatic carbocycles. The van der Waals surface area contributed by atoms with E-state index in [9.17, 15) is 9.59 Å². The zero-order valence-corrected chi connectivity index (χ0v) is 19.7. The number of carbonyl (C=O) groups is 2.